The molecule has 0 saturated heterocycles. The van der Waals surface area contributed by atoms with Crippen LogP contribution in [0.2, 0.25) is 5.02 Å². The predicted molar refractivity (Wildman–Crippen MR) is 74.1 cm³/mol. The summed E-state index contributed by atoms with van der Waals surface area (Å²) in [7, 11) is 0. The number of H-pyrrole nitrogens is 1. The highest BCUT2D eigenvalue weighted by Crippen LogP contribution is 2.30. The van der Waals surface area contributed by atoms with Crippen molar-refractivity contribution in [2.24, 2.45) is 0 Å². The molecular formula is C12H15ClN4S. The molecule has 0 atom stereocenters. The number of benzene rings is 1. The van der Waals surface area contributed by atoms with Gasteiger partial charge in [-0.15, -0.1) is 5.10 Å². The number of rotatable bonds is 5. The van der Waals surface area contributed by atoms with Gasteiger partial charge in [-0.1, -0.05) is 24.6 Å². The lowest BCUT2D eigenvalue weighted by atomic mass is 10.2. The molecule has 0 aliphatic rings. The summed E-state index contributed by atoms with van der Waals surface area (Å²) < 4.78 is 0. The Morgan fingerprint density at radius 1 is 1.44 bits per heavy atom. The van der Waals surface area contributed by atoms with Gasteiger partial charge >= 0.3 is 0 Å². The van der Waals surface area contributed by atoms with E-state index in [0.29, 0.717) is 5.16 Å². The second-order valence-electron chi connectivity index (χ2n) is 3.84. The molecule has 1 heterocycles. The SMILES string of the molecule is CCNCc1ccc(Cl)cc1Sc1n[nH]c(C)n1. The van der Waals surface area contributed by atoms with Gasteiger partial charge < -0.3 is 5.32 Å². The molecule has 1 aromatic heterocycles. The Hall–Kier alpha value is -1.04. The molecule has 2 rings (SSSR count). The van der Waals surface area contributed by atoms with Crippen LogP contribution in [0.15, 0.2) is 28.3 Å². The van der Waals surface area contributed by atoms with Gasteiger partial charge in [0.1, 0.15) is 5.82 Å². The number of aromatic nitrogens is 3. The molecule has 1 aromatic carbocycles. The van der Waals surface area contributed by atoms with Gasteiger partial charge in [-0.2, -0.15) is 0 Å². The molecule has 6 heteroatoms. The van der Waals surface area contributed by atoms with Gasteiger partial charge in [-0.25, -0.2) is 4.98 Å². The zero-order chi connectivity index (χ0) is 13.0. The van der Waals surface area contributed by atoms with Crippen LogP contribution in [0.25, 0.3) is 0 Å². The number of hydrogen-bond donors (Lipinski definition) is 2. The van der Waals surface area contributed by atoms with Crippen LogP contribution < -0.4 is 5.32 Å². The highest BCUT2D eigenvalue weighted by Gasteiger charge is 2.08. The van der Waals surface area contributed by atoms with Crippen molar-refractivity contribution in [1.82, 2.24) is 20.5 Å². The number of nitrogens with one attached hydrogen (secondary N) is 2. The van der Waals surface area contributed by atoms with Gasteiger partial charge in [0.05, 0.1) is 0 Å². The number of halogens is 1. The van der Waals surface area contributed by atoms with E-state index in [1.165, 1.54) is 17.3 Å². The Morgan fingerprint density at radius 2 is 2.28 bits per heavy atom. The van der Waals surface area contributed by atoms with Crippen LogP contribution in [0, 0.1) is 6.92 Å². The molecule has 2 aromatic rings. The van der Waals surface area contributed by atoms with Crippen molar-refractivity contribution in [3.63, 3.8) is 0 Å². The summed E-state index contributed by atoms with van der Waals surface area (Å²) in [6.45, 7) is 5.72. The molecule has 0 aliphatic heterocycles. The molecule has 96 valence electrons. The average Bonchev–Trinajstić information content (AvgIpc) is 2.74. The normalized spacial score (nSPS) is 10.8. The van der Waals surface area contributed by atoms with Gasteiger partial charge in [-0.05, 0) is 42.9 Å². The quantitative estimate of drug-likeness (QED) is 0.885. The maximum absolute atomic E-state index is 6.04. The second kappa shape index (κ2) is 6.22. The summed E-state index contributed by atoms with van der Waals surface area (Å²) >= 11 is 7.56. The summed E-state index contributed by atoms with van der Waals surface area (Å²) in [5, 5.41) is 11.7. The second-order valence-corrected chi connectivity index (χ2v) is 5.28. The van der Waals surface area contributed by atoms with Crippen molar-refractivity contribution in [3.8, 4) is 0 Å². The van der Waals surface area contributed by atoms with E-state index in [9.17, 15) is 0 Å². The van der Waals surface area contributed by atoms with E-state index < -0.39 is 0 Å². The zero-order valence-corrected chi connectivity index (χ0v) is 11.9. The summed E-state index contributed by atoms with van der Waals surface area (Å²) in [5.74, 6) is 0.813. The first-order valence-corrected chi connectivity index (χ1v) is 6.94. The van der Waals surface area contributed by atoms with Crippen LogP contribution in [0.4, 0.5) is 0 Å². The standard InChI is InChI=1S/C12H15ClN4S/c1-3-14-7-9-4-5-10(13)6-11(9)18-12-15-8(2)16-17-12/h4-6,14H,3,7H2,1-2H3,(H,15,16,17). The fourth-order valence-corrected chi connectivity index (χ4v) is 2.66. The summed E-state index contributed by atoms with van der Waals surface area (Å²) in [5.41, 5.74) is 1.20. The fourth-order valence-electron chi connectivity index (χ4n) is 1.50. The minimum atomic E-state index is 0.715. The van der Waals surface area contributed by atoms with E-state index in [1.54, 1.807) is 0 Å². The van der Waals surface area contributed by atoms with Gasteiger partial charge in [0, 0.05) is 16.5 Å². The van der Waals surface area contributed by atoms with Crippen LogP contribution in [-0.2, 0) is 6.54 Å². The molecule has 0 fully saturated rings. The average molecular weight is 283 g/mol. The first-order chi connectivity index (χ1) is 8.69. The maximum Gasteiger partial charge on any atom is 0.213 e. The third-order valence-electron chi connectivity index (χ3n) is 2.37. The first kappa shape index (κ1) is 13.4. The summed E-state index contributed by atoms with van der Waals surface area (Å²) in [6, 6.07) is 5.89. The highest BCUT2D eigenvalue weighted by molar-refractivity contribution is 7.99. The molecule has 0 spiro atoms. The van der Waals surface area contributed by atoms with E-state index in [1.807, 2.05) is 25.1 Å². The lowest BCUT2D eigenvalue weighted by Gasteiger charge is -2.08. The van der Waals surface area contributed by atoms with Gasteiger partial charge in [0.15, 0.2) is 0 Å². The van der Waals surface area contributed by atoms with Crippen molar-refractivity contribution in [3.05, 3.63) is 34.6 Å². The Bertz CT molecular complexity index is 527. The molecule has 2 N–H and O–H groups in total. The number of hydrogen-bond acceptors (Lipinski definition) is 4. The van der Waals surface area contributed by atoms with Gasteiger partial charge in [-0.3, -0.25) is 5.10 Å². The first-order valence-electron chi connectivity index (χ1n) is 5.75. The van der Waals surface area contributed by atoms with Gasteiger partial charge in [0.25, 0.3) is 0 Å². The molecule has 0 saturated carbocycles. The molecule has 0 bridgehead atoms. The number of aromatic amines is 1. The lowest BCUT2D eigenvalue weighted by molar-refractivity contribution is 0.718. The van der Waals surface area contributed by atoms with Crippen LogP contribution in [0.3, 0.4) is 0 Å². The molecule has 0 aliphatic carbocycles. The maximum atomic E-state index is 6.04. The molecule has 0 radical (unpaired) electrons. The summed E-state index contributed by atoms with van der Waals surface area (Å²) in [6.07, 6.45) is 0. The van der Waals surface area contributed by atoms with Crippen molar-refractivity contribution < 1.29 is 0 Å². The molecule has 0 amide bonds. The minimum Gasteiger partial charge on any atom is -0.313 e. The Morgan fingerprint density at radius 3 is 2.94 bits per heavy atom. The number of nitrogens with zero attached hydrogens (tertiary/aromatic N) is 2. The fraction of sp³-hybridized carbons (Fsp3) is 0.333. The van der Waals surface area contributed by atoms with E-state index in [0.717, 1.165) is 28.8 Å². The molecule has 18 heavy (non-hydrogen) atoms. The Labute approximate surface area is 116 Å². The van der Waals surface area contributed by atoms with Crippen LogP contribution in [-0.4, -0.2) is 21.7 Å². The molecular weight excluding hydrogens is 268 g/mol. The smallest absolute Gasteiger partial charge is 0.213 e. The van der Waals surface area contributed by atoms with E-state index in [2.05, 4.69) is 27.4 Å². The third kappa shape index (κ3) is 3.48. The topological polar surface area (TPSA) is 53.6 Å². The van der Waals surface area contributed by atoms with Crippen molar-refractivity contribution in [2.75, 3.05) is 6.54 Å². The van der Waals surface area contributed by atoms with Crippen LogP contribution >= 0.6 is 23.4 Å². The van der Waals surface area contributed by atoms with Crippen LogP contribution in [0.5, 0.6) is 0 Å². The largest absolute Gasteiger partial charge is 0.313 e. The van der Waals surface area contributed by atoms with E-state index in [-0.39, 0.29) is 0 Å². The number of aryl methyl sites for hydroxylation is 1. The van der Waals surface area contributed by atoms with Crippen molar-refractivity contribution in [1.29, 1.82) is 0 Å². The van der Waals surface area contributed by atoms with Gasteiger partial charge in [0.2, 0.25) is 5.16 Å². The van der Waals surface area contributed by atoms with E-state index >= 15 is 0 Å². The lowest BCUT2D eigenvalue weighted by Crippen LogP contribution is -2.12. The predicted octanol–water partition coefficient (Wildman–Crippen LogP) is 3.03. The Balaban J connectivity index is 2.21. The highest BCUT2D eigenvalue weighted by atomic mass is 35.5. The minimum absolute atomic E-state index is 0.715. The molecule has 0 unspecified atom stereocenters. The van der Waals surface area contributed by atoms with Crippen molar-refractivity contribution >= 4 is 23.4 Å². The van der Waals surface area contributed by atoms with Crippen molar-refractivity contribution in [2.45, 2.75) is 30.4 Å². The third-order valence-corrected chi connectivity index (χ3v) is 3.57. The van der Waals surface area contributed by atoms with Crippen LogP contribution in [0.1, 0.15) is 18.3 Å². The summed E-state index contributed by atoms with van der Waals surface area (Å²) in [4.78, 5) is 5.38. The van der Waals surface area contributed by atoms with E-state index in [4.69, 9.17) is 11.6 Å². The monoisotopic (exact) mass is 282 g/mol. The Kier molecular flexibility index (Phi) is 4.63. The molecule has 4 nitrogen and oxygen atoms in total. The zero-order valence-electron chi connectivity index (χ0n) is 10.3.